The van der Waals surface area contributed by atoms with Crippen molar-refractivity contribution in [3.63, 3.8) is 0 Å². The van der Waals surface area contributed by atoms with Crippen LogP contribution < -0.4 is 4.90 Å². The smallest absolute Gasteiger partial charge is 0.283 e. The molecule has 0 atom stereocenters. The van der Waals surface area contributed by atoms with Crippen LogP contribution in [0, 0.1) is 5.92 Å². The first-order chi connectivity index (χ1) is 18.2. The highest BCUT2D eigenvalue weighted by Gasteiger charge is 2.35. The lowest BCUT2D eigenvalue weighted by Crippen LogP contribution is -2.52. The summed E-state index contributed by atoms with van der Waals surface area (Å²) in [6, 6.07) is 6.84. The highest BCUT2D eigenvalue weighted by molar-refractivity contribution is 7.89. The van der Waals surface area contributed by atoms with Gasteiger partial charge in [-0.25, -0.2) is 8.42 Å². The van der Waals surface area contributed by atoms with Crippen molar-refractivity contribution in [3.8, 4) is 0 Å². The van der Waals surface area contributed by atoms with Crippen molar-refractivity contribution in [2.45, 2.75) is 69.1 Å². The standard InChI is InChI=1S/C27H47N5O4S2/c1-28(2)26-13-15-27(16-14-26)37(33,34)31-21-9-17-29(23-25-11-5-3-6-12-25)18-10-22-32(24-31)38(35,36)30-19-7-4-8-20-30/h13-16,25H,3-12,17-24H2,1-2H3. The molecule has 11 heteroatoms. The average Bonchev–Trinajstić information content (AvgIpc) is 2.92. The summed E-state index contributed by atoms with van der Waals surface area (Å²) in [6.45, 7) is 4.20. The summed E-state index contributed by atoms with van der Waals surface area (Å²) < 4.78 is 59.5. The molecule has 0 spiro atoms. The minimum absolute atomic E-state index is 0.140. The minimum Gasteiger partial charge on any atom is -0.378 e. The quantitative estimate of drug-likeness (QED) is 0.501. The SMILES string of the molecule is CN(C)c1ccc(S(=O)(=O)N2CCCN(CC3CCCCC3)CCCN(S(=O)(=O)N3CCCCC3)C2)cc1. The van der Waals surface area contributed by atoms with E-state index in [0.717, 1.165) is 44.6 Å². The van der Waals surface area contributed by atoms with Crippen molar-refractivity contribution >= 4 is 25.9 Å². The molecule has 0 amide bonds. The van der Waals surface area contributed by atoms with E-state index in [0.29, 0.717) is 44.9 Å². The fourth-order valence-electron chi connectivity index (χ4n) is 6.00. The highest BCUT2D eigenvalue weighted by atomic mass is 32.2. The van der Waals surface area contributed by atoms with Gasteiger partial charge in [0.05, 0.1) is 11.6 Å². The maximum absolute atomic E-state index is 13.8. The van der Waals surface area contributed by atoms with Crippen molar-refractivity contribution in [1.82, 2.24) is 17.8 Å². The molecule has 3 aliphatic rings. The number of hydrogen-bond acceptors (Lipinski definition) is 6. The molecule has 1 aliphatic carbocycles. The second kappa shape index (κ2) is 13.4. The number of anilines is 1. The first kappa shape index (κ1) is 29.7. The van der Waals surface area contributed by atoms with E-state index in [-0.39, 0.29) is 11.6 Å². The molecule has 2 heterocycles. The fraction of sp³-hybridized carbons (Fsp3) is 0.778. The highest BCUT2D eigenvalue weighted by Crippen LogP contribution is 2.26. The predicted molar refractivity (Wildman–Crippen MR) is 153 cm³/mol. The molecular weight excluding hydrogens is 522 g/mol. The number of sulfonamides is 1. The molecule has 4 rings (SSSR count). The number of rotatable bonds is 7. The van der Waals surface area contributed by atoms with Crippen molar-refractivity contribution < 1.29 is 16.8 Å². The van der Waals surface area contributed by atoms with Gasteiger partial charge in [-0.15, -0.1) is 0 Å². The van der Waals surface area contributed by atoms with E-state index in [1.165, 1.54) is 40.7 Å². The van der Waals surface area contributed by atoms with Gasteiger partial charge in [-0.1, -0.05) is 25.7 Å². The zero-order valence-electron chi connectivity index (χ0n) is 23.3. The van der Waals surface area contributed by atoms with Crippen LogP contribution >= 0.6 is 0 Å². The van der Waals surface area contributed by atoms with Gasteiger partial charge in [-0.2, -0.15) is 21.3 Å². The van der Waals surface area contributed by atoms with Crippen molar-refractivity contribution in [3.05, 3.63) is 24.3 Å². The zero-order valence-corrected chi connectivity index (χ0v) is 24.9. The summed E-state index contributed by atoms with van der Waals surface area (Å²) in [4.78, 5) is 4.58. The van der Waals surface area contributed by atoms with Crippen LogP contribution in [0.3, 0.4) is 0 Å². The van der Waals surface area contributed by atoms with Crippen molar-refractivity contribution in [2.24, 2.45) is 5.92 Å². The Balaban J connectivity index is 1.57. The van der Waals surface area contributed by atoms with Crippen LogP contribution in [-0.4, -0.2) is 101 Å². The molecule has 2 aliphatic heterocycles. The first-order valence-corrected chi connectivity index (χ1v) is 17.3. The lowest BCUT2D eigenvalue weighted by atomic mass is 9.89. The van der Waals surface area contributed by atoms with Crippen LogP contribution in [0.2, 0.25) is 0 Å². The third kappa shape index (κ3) is 7.48. The number of hydrogen-bond donors (Lipinski definition) is 0. The second-order valence-electron chi connectivity index (χ2n) is 11.4. The van der Waals surface area contributed by atoms with E-state index in [2.05, 4.69) is 4.90 Å². The predicted octanol–water partition coefficient (Wildman–Crippen LogP) is 3.41. The molecule has 0 N–H and O–H groups in total. The van der Waals surface area contributed by atoms with Crippen LogP contribution in [0.25, 0.3) is 0 Å². The second-order valence-corrected chi connectivity index (χ2v) is 15.2. The first-order valence-electron chi connectivity index (χ1n) is 14.4. The van der Waals surface area contributed by atoms with Gasteiger partial charge < -0.3 is 9.80 Å². The van der Waals surface area contributed by atoms with E-state index >= 15 is 0 Å². The monoisotopic (exact) mass is 569 g/mol. The summed E-state index contributed by atoms with van der Waals surface area (Å²) in [5.74, 6) is 0.690. The summed E-state index contributed by atoms with van der Waals surface area (Å²) in [5.41, 5.74) is 0.914. The van der Waals surface area contributed by atoms with Gasteiger partial charge in [0.25, 0.3) is 10.2 Å². The van der Waals surface area contributed by atoms with Gasteiger partial charge in [0.2, 0.25) is 10.0 Å². The maximum atomic E-state index is 13.8. The van der Waals surface area contributed by atoms with Gasteiger partial charge in [0, 0.05) is 52.5 Å². The Morgan fingerprint density at radius 1 is 0.684 bits per heavy atom. The van der Waals surface area contributed by atoms with Crippen LogP contribution in [0.15, 0.2) is 29.2 Å². The van der Waals surface area contributed by atoms with E-state index < -0.39 is 20.2 Å². The van der Waals surface area contributed by atoms with Crippen molar-refractivity contribution in [2.75, 3.05) is 71.5 Å². The number of benzene rings is 1. The Kier molecular flexibility index (Phi) is 10.5. The Morgan fingerprint density at radius 2 is 1.24 bits per heavy atom. The molecular formula is C27H47N5O4S2. The van der Waals surface area contributed by atoms with E-state index in [4.69, 9.17) is 0 Å². The van der Waals surface area contributed by atoms with Gasteiger partial charge in [-0.05, 0) is 81.8 Å². The summed E-state index contributed by atoms with van der Waals surface area (Å²) in [5, 5.41) is 0. The molecule has 0 radical (unpaired) electrons. The van der Waals surface area contributed by atoms with Crippen LogP contribution in [0.1, 0.15) is 64.2 Å². The van der Waals surface area contributed by atoms with Gasteiger partial charge >= 0.3 is 0 Å². The Labute approximate surface area is 231 Å². The summed E-state index contributed by atoms with van der Waals surface area (Å²) in [6.07, 6.45) is 10.5. The third-order valence-electron chi connectivity index (χ3n) is 8.28. The van der Waals surface area contributed by atoms with Crippen LogP contribution in [0.4, 0.5) is 5.69 Å². The molecule has 1 saturated carbocycles. The zero-order chi connectivity index (χ0) is 27.2. The lowest BCUT2D eigenvalue weighted by molar-refractivity contribution is 0.169. The molecule has 1 aromatic carbocycles. The number of nitrogens with zero attached hydrogens (tertiary/aromatic N) is 5. The molecule has 9 nitrogen and oxygen atoms in total. The normalized spacial score (nSPS) is 23.3. The Morgan fingerprint density at radius 3 is 1.84 bits per heavy atom. The number of piperidine rings is 1. The average molecular weight is 570 g/mol. The molecule has 216 valence electrons. The molecule has 0 bridgehead atoms. The molecule has 1 aromatic rings. The molecule has 3 fully saturated rings. The van der Waals surface area contributed by atoms with Gasteiger partial charge in [0.1, 0.15) is 0 Å². The molecule has 0 unspecified atom stereocenters. The largest absolute Gasteiger partial charge is 0.378 e. The molecule has 0 aromatic heterocycles. The van der Waals surface area contributed by atoms with E-state index in [9.17, 15) is 16.8 Å². The van der Waals surface area contributed by atoms with Gasteiger partial charge in [0.15, 0.2) is 0 Å². The third-order valence-corrected chi connectivity index (χ3v) is 12.1. The molecule has 2 saturated heterocycles. The van der Waals surface area contributed by atoms with Crippen LogP contribution in [0.5, 0.6) is 0 Å². The summed E-state index contributed by atoms with van der Waals surface area (Å²) in [7, 11) is -3.80. The fourth-order valence-corrected chi connectivity index (χ4v) is 9.20. The van der Waals surface area contributed by atoms with E-state index in [1.807, 2.05) is 19.0 Å². The van der Waals surface area contributed by atoms with Crippen molar-refractivity contribution in [1.29, 1.82) is 0 Å². The van der Waals surface area contributed by atoms with Gasteiger partial charge in [-0.3, -0.25) is 0 Å². The minimum atomic E-state index is -3.87. The lowest BCUT2D eigenvalue weighted by Gasteiger charge is -2.37. The Bertz CT molecular complexity index is 1080. The summed E-state index contributed by atoms with van der Waals surface area (Å²) >= 11 is 0. The Hall–Kier alpha value is -1.24. The topological polar surface area (TPSA) is 84.5 Å². The maximum Gasteiger partial charge on any atom is 0.283 e. The van der Waals surface area contributed by atoms with E-state index in [1.54, 1.807) is 28.6 Å². The molecule has 38 heavy (non-hydrogen) atoms. The van der Waals surface area contributed by atoms with Crippen LogP contribution in [-0.2, 0) is 20.2 Å².